The monoisotopic (exact) mass is 446 g/mol. The van der Waals surface area contributed by atoms with E-state index < -0.39 is 17.6 Å². The van der Waals surface area contributed by atoms with Crippen LogP contribution in [0.4, 0.5) is 13.2 Å². The lowest BCUT2D eigenvalue weighted by Gasteiger charge is -2.33. The molecule has 5 nitrogen and oxygen atoms in total. The summed E-state index contributed by atoms with van der Waals surface area (Å²) in [6, 6.07) is 12.1. The van der Waals surface area contributed by atoms with Gasteiger partial charge in [-0.3, -0.25) is 9.59 Å². The molecule has 1 heterocycles. The van der Waals surface area contributed by atoms with Crippen LogP contribution in [0.25, 0.3) is 0 Å². The molecule has 1 atom stereocenters. The van der Waals surface area contributed by atoms with Crippen LogP contribution in [0.2, 0.25) is 0 Å². The van der Waals surface area contributed by atoms with Crippen molar-refractivity contribution in [3.8, 4) is 5.75 Å². The van der Waals surface area contributed by atoms with Gasteiger partial charge < -0.3 is 15.0 Å². The molecule has 2 aliphatic rings. The van der Waals surface area contributed by atoms with Gasteiger partial charge in [-0.1, -0.05) is 18.2 Å². The molecule has 0 radical (unpaired) electrons. The smallest absolute Gasteiger partial charge is 0.417 e. The van der Waals surface area contributed by atoms with E-state index in [9.17, 15) is 22.8 Å². The molecule has 2 aromatic rings. The summed E-state index contributed by atoms with van der Waals surface area (Å²) in [4.78, 5) is 26.5. The van der Waals surface area contributed by atoms with Crippen LogP contribution in [0.1, 0.15) is 52.0 Å². The Kier molecular flexibility index (Phi) is 6.39. The summed E-state index contributed by atoms with van der Waals surface area (Å²) >= 11 is 0. The number of benzene rings is 2. The fourth-order valence-corrected chi connectivity index (χ4v) is 3.91. The van der Waals surface area contributed by atoms with E-state index >= 15 is 0 Å². The average Bonchev–Trinajstić information content (AvgIpc) is 3.61. The number of halogens is 3. The van der Waals surface area contributed by atoms with Crippen molar-refractivity contribution in [2.45, 2.75) is 37.9 Å². The van der Waals surface area contributed by atoms with Crippen molar-refractivity contribution in [1.29, 1.82) is 0 Å². The predicted octanol–water partition coefficient (Wildman–Crippen LogP) is 4.53. The van der Waals surface area contributed by atoms with Crippen molar-refractivity contribution in [3.05, 3.63) is 65.2 Å². The number of carbonyl (C=O) groups excluding carboxylic acids is 2. The highest BCUT2D eigenvalue weighted by Gasteiger charge is 2.36. The summed E-state index contributed by atoms with van der Waals surface area (Å²) in [5, 5.41) is 2.93. The minimum atomic E-state index is -4.58. The van der Waals surface area contributed by atoms with E-state index in [0.29, 0.717) is 37.4 Å². The standard InChI is InChI=1S/C24H25F3N2O3/c25-24(26,27)21-9-2-1-8-20(21)23(31)29-12-4-5-16(14-29)15-32-19-7-3-6-17(13-19)22(30)28-18-10-11-18/h1-3,6-9,13,16,18H,4-5,10-12,14-15H2,(H,28,30). The molecule has 1 saturated heterocycles. The molecule has 1 aliphatic carbocycles. The highest BCUT2D eigenvalue weighted by molar-refractivity contribution is 5.96. The second-order valence-electron chi connectivity index (χ2n) is 8.39. The Morgan fingerprint density at radius 2 is 1.84 bits per heavy atom. The van der Waals surface area contributed by atoms with Crippen molar-refractivity contribution in [2.75, 3.05) is 19.7 Å². The molecule has 4 rings (SSSR count). The fourth-order valence-electron chi connectivity index (χ4n) is 3.91. The van der Waals surface area contributed by atoms with Crippen LogP contribution in [0.5, 0.6) is 5.75 Å². The van der Waals surface area contributed by atoms with E-state index in [-0.39, 0.29) is 23.4 Å². The maximum absolute atomic E-state index is 13.3. The van der Waals surface area contributed by atoms with Crippen molar-refractivity contribution in [2.24, 2.45) is 5.92 Å². The Morgan fingerprint density at radius 1 is 1.06 bits per heavy atom. The molecule has 8 heteroatoms. The number of hydrogen-bond donors (Lipinski definition) is 1. The number of ether oxygens (including phenoxy) is 1. The predicted molar refractivity (Wildman–Crippen MR) is 112 cm³/mol. The van der Waals surface area contributed by atoms with Crippen LogP contribution in [-0.2, 0) is 6.18 Å². The number of nitrogens with zero attached hydrogens (tertiary/aromatic N) is 1. The van der Waals surface area contributed by atoms with Gasteiger partial charge in [0.2, 0.25) is 0 Å². The number of likely N-dealkylation sites (tertiary alicyclic amines) is 1. The fraction of sp³-hybridized carbons (Fsp3) is 0.417. The first-order valence-corrected chi connectivity index (χ1v) is 10.8. The Balaban J connectivity index is 1.37. The number of piperidine rings is 1. The molecule has 0 bridgehead atoms. The topological polar surface area (TPSA) is 58.6 Å². The summed E-state index contributed by atoms with van der Waals surface area (Å²) in [5.74, 6) is -0.189. The van der Waals surface area contributed by atoms with Crippen LogP contribution in [-0.4, -0.2) is 42.5 Å². The van der Waals surface area contributed by atoms with E-state index in [1.165, 1.54) is 23.1 Å². The quantitative estimate of drug-likeness (QED) is 0.710. The number of alkyl halides is 3. The van der Waals surface area contributed by atoms with Gasteiger partial charge >= 0.3 is 6.18 Å². The molecule has 1 saturated carbocycles. The van der Waals surface area contributed by atoms with Gasteiger partial charge in [0.15, 0.2) is 0 Å². The van der Waals surface area contributed by atoms with Crippen LogP contribution >= 0.6 is 0 Å². The maximum Gasteiger partial charge on any atom is 0.417 e. The first kappa shape index (κ1) is 22.2. The average molecular weight is 446 g/mol. The number of carbonyl (C=O) groups is 2. The lowest BCUT2D eigenvalue weighted by Crippen LogP contribution is -2.42. The molecule has 2 aromatic carbocycles. The van der Waals surface area contributed by atoms with Gasteiger partial charge in [0.25, 0.3) is 11.8 Å². The van der Waals surface area contributed by atoms with Crippen molar-refractivity contribution >= 4 is 11.8 Å². The second kappa shape index (κ2) is 9.22. The number of hydrogen-bond acceptors (Lipinski definition) is 3. The summed E-state index contributed by atoms with van der Waals surface area (Å²) in [5.41, 5.74) is -0.709. The highest BCUT2D eigenvalue weighted by atomic mass is 19.4. The third kappa shape index (κ3) is 5.41. The summed E-state index contributed by atoms with van der Waals surface area (Å²) in [7, 11) is 0. The molecule has 1 N–H and O–H groups in total. The zero-order valence-electron chi connectivity index (χ0n) is 17.5. The van der Waals surface area contributed by atoms with Crippen LogP contribution in [0, 0.1) is 5.92 Å². The van der Waals surface area contributed by atoms with Crippen molar-refractivity contribution in [1.82, 2.24) is 10.2 Å². The Bertz CT molecular complexity index is 988. The Morgan fingerprint density at radius 3 is 2.59 bits per heavy atom. The van der Waals surface area contributed by atoms with Gasteiger partial charge in [0.05, 0.1) is 17.7 Å². The number of amides is 2. The van der Waals surface area contributed by atoms with E-state index in [1.807, 2.05) is 0 Å². The van der Waals surface area contributed by atoms with Crippen LogP contribution in [0.3, 0.4) is 0 Å². The lowest BCUT2D eigenvalue weighted by atomic mass is 9.97. The SMILES string of the molecule is O=C(NC1CC1)c1cccc(OCC2CCCN(C(=O)c3ccccc3C(F)(F)F)C2)c1. The molecule has 2 amide bonds. The summed E-state index contributed by atoms with van der Waals surface area (Å²) in [6.45, 7) is 1.06. The number of rotatable bonds is 6. The van der Waals surface area contributed by atoms with Gasteiger partial charge in [0.1, 0.15) is 5.75 Å². The van der Waals surface area contributed by atoms with Crippen LogP contribution in [0.15, 0.2) is 48.5 Å². The van der Waals surface area contributed by atoms with E-state index in [1.54, 1.807) is 24.3 Å². The minimum Gasteiger partial charge on any atom is -0.493 e. The second-order valence-corrected chi connectivity index (χ2v) is 8.39. The molecule has 2 fully saturated rings. The normalized spacial score (nSPS) is 18.8. The first-order valence-electron chi connectivity index (χ1n) is 10.8. The maximum atomic E-state index is 13.3. The zero-order valence-corrected chi connectivity index (χ0v) is 17.5. The third-order valence-corrected chi connectivity index (χ3v) is 5.76. The molecule has 0 aromatic heterocycles. The first-order chi connectivity index (χ1) is 15.3. The minimum absolute atomic E-state index is 0.00491. The van der Waals surface area contributed by atoms with Gasteiger partial charge in [-0.2, -0.15) is 13.2 Å². The van der Waals surface area contributed by atoms with Crippen molar-refractivity contribution in [3.63, 3.8) is 0 Å². The van der Waals surface area contributed by atoms with Crippen molar-refractivity contribution < 1.29 is 27.5 Å². The number of nitrogens with one attached hydrogen (secondary N) is 1. The summed E-state index contributed by atoms with van der Waals surface area (Å²) in [6.07, 6.45) is -1.07. The summed E-state index contributed by atoms with van der Waals surface area (Å²) < 4.78 is 45.8. The molecular formula is C24H25F3N2O3. The highest BCUT2D eigenvalue weighted by Crippen LogP contribution is 2.33. The lowest BCUT2D eigenvalue weighted by molar-refractivity contribution is -0.138. The molecule has 170 valence electrons. The largest absolute Gasteiger partial charge is 0.493 e. The Labute approximate surface area is 184 Å². The van der Waals surface area contributed by atoms with E-state index in [4.69, 9.17) is 4.74 Å². The molecule has 1 aliphatic heterocycles. The molecule has 1 unspecified atom stereocenters. The van der Waals surface area contributed by atoms with E-state index in [0.717, 1.165) is 25.3 Å². The molecular weight excluding hydrogens is 421 g/mol. The molecule has 32 heavy (non-hydrogen) atoms. The van der Waals surface area contributed by atoms with Gasteiger partial charge in [-0.05, 0) is 56.0 Å². The van der Waals surface area contributed by atoms with Crippen LogP contribution < -0.4 is 10.1 Å². The third-order valence-electron chi connectivity index (χ3n) is 5.76. The Hall–Kier alpha value is -3.03. The van der Waals surface area contributed by atoms with Gasteiger partial charge in [-0.25, -0.2) is 0 Å². The molecule has 0 spiro atoms. The van der Waals surface area contributed by atoms with Gasteiger partial charge in [0, 0.05) is 30.6 Å². The zero-order chi connectivity index (χ0) is 22.7. The van der Waals surface area contributed by atoms with Gasteiger partial charge in [-0.15, -0.1) is 0 Å². The van der Waals surface area contributed by atoms with E-state index in [2.05, 4.69) is 5.32 Å².